The van der Waals surface area contributed by atoms with E-state index in [9.17, 15) is 0 Å². The SMILES string of the molecule is CCOc1ccccc1NCc1ccc(C)cc1Cl. The molecular weight excluding hydrogens is 258 g/mol. The standard InChI is InChI=1S/C16H18ClNO/c1-3-19-16-7-5-4-6-15(16)18-11-13-9-8-12(2)10-14(13)17/h4-10,18H,3,11H2,1-2H3. The predicted molar refractivity (Wildman–Crippen MR) is 81.1 cm³/mol. The van der Waals surface area contributed by atoms with E-state index in [-0.39, 0.29) is 0 Å². The maximum absolute atomic E-state index is 6.23. The van der Waals surface area contributed by atoms with Crippen LogP contribution >= 0.6 is 11.6 Å². The molecule has 0 radical (unpaired) electrons. The molecule has 1 N–H and O–H groups in total. The average molecular weight is 276 g/mol. The summed E-state index contributed by atoms with van der Waals surface area (Å²) in [6.07, 6.45) is 0. The minimum absolute atomic E-state index is 0.657. The molecule has 0 saturated carbocycles. The molecule has 2 rings (SSSR count). The van der Waals surface area contributed by atoms with Gasteiger partial charge in [-0.25, -0.2) is 0 Å². The summed E-state index contributed by atoms with van der Waals surface area (Å²) in [7, 11) is 0. The molecule has 0 aliphatic heterocycles. The fourth-order valence-electron chi connectivity index (χ4n) is 1.88. The van der Waals surface area contributed by atoms with E-state index in [1.54, 1.807) is 0 Å². The summed E-state index contributed by atoms with van der Waals surface area (Å²) in [6.45, 7) is 5.36. The van der Waals surface area contributed by atoms with Gasteiger partial charge in [-0.15, -0.1) is 0 Å². The zero-order valence-electron chi connectivity index (χ0n) is 11.2. The Morgan fingerprint density at radius 3 is 2.68 bits per heavy atom. The molecule has 2 nitrogen and oxygen atoms in total. The monoisotopic (exact) mass is 275 g/mol. The molecular formula is C16H18ClNO. The lowest BCUT2D eigenvalue weighted by molar-refractivity contribution is 0.341. The minimum Gasteiger partial charge on any atom is -0.492 e. The van der Waals surface area contributed by atoms with Gasteiger partial charge in [0.15, 0.2) is 0 Å². The Morgan fingerprint density at radius 1 is 1.16 bits per heavy atom. The molecule has 0 bridgehead atoms. The molecule has 2 aromatic carbocycles. The van der Waals surface area contributed by atoms with Crippen molar-refractivity contribution < 1.29 is 4.74 Å². The summed E-state index contributed by atoms with van der Waals surface area (Å²) in [4.78, 5) is 0. The highest BCUT2D eigenvalue weighted by Gasteiger charge is 2.04. The maximum Gasteiger partial charge on any atom is 0.142 e. The van der Waals surface area contributed by atoms with Crippen molar-refractivity contribution in [3.8, 4) is 5.75 Å². The molecule has 0 amide bonds. The van der Waals surface area contributed by atoms with Crippen LogP contribution in [-0.2, 0) is 6.54 Å². The lowest BCUT2D eigenvalue weighted by Crippen LogP contribution is -2.03. The molecule has 0 aromatic heterocycles. The van der Waals surface area contributed by atoms with Crippen LogP contribution in [0.25, 0.3) is 0 Å². The van der Waals surface area contributed by atoms with Gasteiger partial charge in [0.1, 0.15) is 5.75 Å². The first-order valence-electron chi connectivity index (χ1n) is 6.41. The van der Waals surface area contributed by atoms with Crippen LogP contribution in [0, 0.1) is 6.92 Å². The van der Waals surface area contributed by atoms with Gasteiger partial charge in [-0.2, -0.15) is 0 Å². The molecule has 19 heavy (non-hydrogen) atoms. The van der Waals surface area contributed by atoms with Gasteiger partial charge < -0.3 is 10.1 Å². The fraction of sp³-hybridized carbons (Fsp3) is 0.250. The second-order valence-corrected chi connectivity index (χ2v) is 4.78. The number of nitrogens with one attached hydrogen (secondary N) is 1. The van der Waals surface area contributed by atoms with E-state index in [0.29, 0.717) is 13.2 Å². The van der Waals surface area contributed by atoms with Crippen LogP contribution in [0.15, 0.2) is 42.5 Å². The number of benzene rings is 2. The van der Waals surface area contributed by atoms with Gasteiger partial charge in [-0.05, 0) is 43.2 Å². The van der Waals surface area contributed by atoms with E-state index in [1.807, 2.05) is 50.2 Å². The summed E-state index contributed by atoms with van der Waals surface area (Å²) in [5.74, 6) is 0.869. The topological polar surface area (TPSA) is 21.3 Å². The van der Waals surface area contributed by atoms with Crippen molar-refractivity contribution in [1.29, 1.82) is 0 Å². The van der Waals surface area contributed by atoms with Crippen LogP contribution in [0.2, 0.25) is 5.02 Å². The number of halogens is 1. The normalized spacial score (nSPS) is 10.3. The third-order valence-electron chi connectivity index (χ3n) is 2.86. The van der Waals surface area contributed by atoms with Crippen LogP contribution < -0.4 is 10.1 Å². The molecule has 0 spiro atoms. The van der Waals surface area contributed by atoms with Gasteiger partial charge in [0.25, 0.3) is 0 Å². The molecule has 0 atom stereocenters. The van der Waals surface area contributed by atoms with Gasteiger partial charge in [0, 0.05) is 11.6 Å². The Labute approximate surface area is 119 Å². The first-order valence-corrected chi connectivity index (χ1v) is 6.79. The number of para-hydroxylation sites is 2. The van der Waals surface area contributed by atoms with Crippen LogP contribution in [0.5, 0.6) is 5.75 Å². The quantitative estimate of drug-likeness (QED) is 0.857. The number of hydrogen-bond acceptors (Lipinski definition) is 2. The zero-order valence-corrected chi connectivity index (χ0v) is 12.0. The minimum atomic E-state index is 0.657. The van der Waals surface area contributed by atoms with E-state index >= 15 is 0 Å². The van der Waals surface area contributed by atoms with Gasteiger partial charge in [0.2, 0.25) is 0 Å². The third-order valence-corrected chi connectivity index (χ3v) is 3.22. The molecule has 0 saturated heterocycles. The van der Waals surface area contributed by atoms with E-state index in [4.69, 9.17) is 16.3 Å². The van der Waals surface area contributed by atoms with Crippen molar-refractivity contribution in [1.82, 2.24) is 0 Å². The predicted octanol–water partition coefficient (Wildman–Crippen LogP) is 4.66. The van der Waals surface area contributed by atoms with Gasteiger partial charge >= 0.3 is 0 Å². The van der Waals surface area contributed by atoms with E-state index in [2.05, 4.69) is 11.4 Å². The lowest BCUT2D eigenvalue weighted by Gasteiger charge is -2.13. The summed E-state index contributed by atoms with van der Waals surface area (Å²) in [5, 5.41) is 4.16. The van der Waals surface area contributed by atoms with Gasteiger partial charge in [0.05, 0.1) is 12.3 Å². The van der Waals surface area contributed by atoms with Crippen molar-refractivity contribution >= 4 is 17.3 Å². The lowest BCUT2D eigenvalue weighted by atomic mass is 10.1. The fourth-order valence-corrected chi connectivity index (χ4v) is 2.18. The van der Waals surface area contributed by atoms with Crippen molar-refractivity contribution in [2.24, 2.45) is 0 Å². The second kappa shape index (κ2) is 6.48. The Kier molecular flexibility index (Phi) is 4.69. The smallest absolute Gasteiger partial charge is 0.142 e. The van der Waals surface area contributed by atoms with Crippen molar-refractivity contribution in [2.75, 3.05) is 11.9 Å². The molecule has 0 aliphatic carbocycles. The van der Waals surface area contributed by atoms with Crippen LogP contribution in [0.1, 0.15) is 18.1 Å². The Morgan fingerprint density at radius 2 is 1.95 bits per heavy atom. The molecule has 100 valence electrons. The summed E-state index contributed by atoms with van der Waals surface area (Å²) in [5.41, 5.74) is 3.24. The highest BCUT2D eigenvalue weighted by atomic mass is 35.5. The molecule has 3 heteroatoms. The summed E-state index contributed by atoms with van der Waals surface area (Å²) < 4.78 is 5.58. The maximum atomic E-state index is 6.23. The molecule has 0 unspecified atom stereocenters. The van der Waals surface area contributed by atoms with Gasteiger partial charge in [-0.3, -0.25) is 0 Å². The van der Waals surface area contributed by atoms with Gasteiger partial charge in [-0.1, -0.05) is 35.9 Å². The second-order valence-electron chi connectivity index (χ2n) is 4.38. The van der Waals surface area contributed by atoms with E-state index in [1.165, 1.54) is 5.56 Å². The van der Waals surface area contributed by atoms with Crippen molar-refractivity contribution in [3.05, 3.63) is 58.6 Å². The van der Waals surface area contributed by atoms with E-state index in [0.717, 1.165) is 22.0 Å². The molecule has 2 aromatic rings. The zero-order chi connectivity index (χ0) is 13.7. The average Bonchev–Trinajstić information content (AvgIpc) is 2.40. The Balaban J connectivity index is 2.10. The largest absolute Gasteiger partial charge is 0.492 e. The van der Waals surface area contributed by atoms with Crippen LogP contribution in [0.3, 0.4) is 0 Å². The number of aryl methyl sites for hydroxylation is 1. The number of ether oxygens (including phenoxy) is 1. The molecule has 0 heterocycles. The number of hydrogen-bond donors (Lipinski definition) is 1. The first kappa shape index (κ1) is 13.8. The van der Waals surface area contributed by atoms with Crippen LogP contribution in [0.4, 0.5) is 5.69 Å². The highest BCUT2D eigenvalue weighted by molar-refractivity contribution is 6.31. The molecule has 0 aliphatic rings. The van der Waals surface area contributed by atoms with Crippen LogP contribution in [-0.4, -0.2) is 6.61 Å². The first-order chi connectivity index (χ1) is 9.20. The summed E-state index contributed by atoms with van der Waals surface area (Å²) >= 11 is 6.23. The van der Waals surface area contributed by atoms with Crippen molar-refractivity contribution in [2.45, 2.75) is 20.4 Å². The Hall–Kier alpha value is -1.67. The molecule has 0 fully saturated rings. The number of rotatable bonds is 5. The third kappa shape index (κ3) is 3.65. The Bertz CT molecular complexity index is 554. The highest BCUT2D eigenvalue weighted by Crippen LogP contribution is 2.25. The van der Waals surface area contributed by atoms with E-state index < -0.39 is 0 Å². The number of anilines is 1. The van der Waals surface area contributed by atoms with Crippen molar-refractivity contribution in [3.63, 3.8) is 0 Å². The summed E-state index contributed by atoms with van der Waals surface area (Å²) in [6, 6.07) is 14.0.